The molecular formula is C19H18N2O4. The van der Waals surface area contributed by atoms with Crippen molar-refractivity contribution >= 4 is 29.0 Å². The molecule has 2 amide bonds. The number of hydrogen-bond acceptors (Lipinski definition) is 4. The predicted molar refractivity (Wildman–Crippen MR) is 94.4 cm³/mol. The molecule has 0 atom stereocenters. The number of benzene rings is 2. The number of carbonyl (C=O) groups excluding carboxylic acids is 3. The van der Waals surface area contributed by atoms with Gasteiger partial charge in [-0.15, -0.1) is 0 Å². The number of fused-ring (bicyclic) bond motifs is 1. The molecule has 0 radical (unpaired) electrons. The molecule has 6 nitrogen and oxygen atoms in total. The van der Waals surface area contributed by atoms with E-state index in [4.69, 9.17) is 4.74 Å². The van der Waals surface area contributed by atoms with Crippen molar-refractivity contribution in [2.75, 3.05) is 23.9 Å². The number of rotatable bonds is 3. The third-order valence-corrected chi connectivity index (χ3v) is 4.08. The van der Waals surface area contributed by atoms with E-state index in [2.05, 4.69) is 5.32 Å². The van der Waals surface area contributed by atoms with Gasteiger partial charge < -0.3 is 15.0 Å². The van der Waals surface area contributed by atoms with Crippen LogP contribution >= 0.6 is 0 Å². The Balaban J connectivity index is 1.82. The van der Waals surface area contributed by atoms with Crippen LogP contribution in [0, 0.1) is 0 Å². The second kappa shape index (κ2) is 6.76. The lowest BCUT2D eigenvalue weighted by Gasteiger charge is -2.17. The molecular weight excluding hydrogens is 320 g/mol. The number of hydrogen-bond donors (Lipinski definition) is 1. The van der Waals surface area contributed by atoms with Gasteiger partial charge in [0.25, 0.3) is 5.91 Å². The van der Waals surface area contributed by atoms with Gasteiger partial charge >= 0.3 is 0 Å². The van der Waals surface area contributed by atoms with E-state index < -0.39 is 0 Å². The number of ether oxygens (including phenoxy) is 1. The van der Waals surface area contributed by atoms with Gasteiger partial charge in [0.1, 0.15) is 5.75 Å². The Morgan fingerprint density at radius 1 is 1.08 bits per heavy atom. The van der Waals surface area contributed by atoms with Gasteiger partial charge in [-0.25, -0.2) is 0 Å². The van der Waals surface area contributed by atoms with Crippen molar-refractivity contribution < 1.29 is 19.1 Å². The zero-order valence-corrected chi connectivity index (χ0v) is 14.0. The van der Waals surface area contributed by atoms with Crippen molar-refractivity contribution in [3.05, 3.63) is 53.6 Å². The van der Waals surface area contributed by atoms with Crippen LogP contribution in [0.25, 0.3) is 0 Å². The molecule has 1 aliphatic heterocycles. The predicted octanol–water partition coefficient (Wildman–Crippen LogP) is 2.89. The summed E-state index contributed by atoms with van der Waals surface area (Å²) in [5.41, 5.74) is 2.16. The summed E-state index contributed by atoms with van der Waals surface area (Å²) in [5.74, 6) is 0.187. The van der Waals surface area contributed by atoms with Crippen LogP contribution < -0.4 is 15.0 Å². The van der Waals surface area contributed by atoms with E-state index in [-0.39, 0.29) is 17.6 Å². The first kappa shape index (κ1) is 16.7. The van der Waals surface area contributed by atoms with Crippen LogP contribution in [0.5, 0.6) is 5.75 Å². The summed E-state index contributed by atoms with van der Waals surface area (Å²) in [6, 6.07) is 11.7. The topological polar surface area (TPSA) is 75.7 Å². The van der Waals surface area contributed by atoms with E-state index >= 15 is 0 Å². The van der Waals surface area contributed by atoms with Crippen molar-refractivity contribution in [1.82, 2.24) is 0 Å². The second-order valence-corrected chi connectivity index (χ2v) is 5.82. The molecule has 0 spiro atoms. The third-order valence-electron chi connectivity index (χ3n) is 4.08. The maximum Gasteiger partial charge on any atom is 0.255 e. The molecule has 1 N–H and O–H groups in total. The lowest BCUT2D eigenvalue weighted by molar-refractivity contribution is -0.118. The van der Waals surface area contributed by atoms with Crippen LogP contribution in [0.4, 0.5) is 11.4 Å². The number of ketones is 1. The average molecular weight is 338 g/mol. The van der Waals surface area contributed by atoms with Crippen molar-refractivity contribution in [2.45, 2.75) is 13.3 Å². The maximum atomic E-state index is 12.5. The Hall–Kier alpha value is -3.15. The molecule has 0 saturated heterocycles. The van der Waals surface area contributed by atoms with Gasteiger partial charge in [0.2, 0.25) is 5.91 Å². The number of Topliss-reactive ketones (excluding diaryl/α,β-unsaturated/α-hetero) is 1. The van der Waals surface area contributed by atoms with E-state index in [1.165, 1.54) is 11.8 Å². The minimum absolute atomic E-state index is 0.0312. The molecule has 0 unspecified atom stereocenters. The number of carbonyl (C=O) groups is 3. The summed E-state index contributed by atoms with van der Waals surface area (Å²) < 4.78 is 5.55. The van der Waals surface area contributed by atoms with Crippen LogP contribution in [0.3, 0.4) is 0 Å². The van der Waals surface area contributed by atoms with Gasteiger partial charge in [-0.3, -0.25) is 14.4 Å². The van der Waals surface area contributed by atoms with Gasteiger partial charge in [0.15, 0.2) is 5.78 Å². The Labute approximate surface area is 145 Å². The lowest BCUT2D eigenvalue weighted by Crippen LogP contribution is -2.25. The van der Waals surface area contributed by atoms with Gasteiger partial charge in [0, 0.05) is 23.9 Å². The zero-order valence-electron chi connectivity index (χ0n) is 14.0. The molecule has 0 aromatic heterocycles. The van der Waals surface area contributed by atoms with Crippen molar-refractivity contribution in [1.29, 1.82) is 0 Å². The summed E-state index contributed by atoms with van der Waals surface area (Å²) in [5, 5.41) is 2.78. The van der Waals surface area contributed by atoms with E-state index in [0.29, 0.717) is 41.3 Å². The minimum Gasteiger partial charge on any atom is -0.491 e. The van der Waals surface area contributed by atoms with Crippen molar-refractivity contribution in [3.63, 3.8) is 0 Å². The highest BCUT2D eigenvalue weighted by Crippen LogP contribution is 2.31. The van der Waals surface area contributed by atoms with Crippen LogP contribution in [0.15, 0.2) is 42.5 Å². The Bertz CT molecular complexity index is 843. The molecule has 1 aliphatic rings. The molecule has 6 heteroatoms. The van der Waals surface area contributed by atoms with Crippen LogP contribution in [0.2, 0.25) is 0 Å². The quantitative estimate of drug-likeness (QED) is 0.873. The van der Waals surface area contributed by atoms with E-state index in [1.807, 2.05) is 0 Å². The molecule has 0 fully saturated rings. The molecule has 3 rings (SSSR count). The van der Waals surface area contributed by atoms with E-state index in [1.54, 1.807) is 49.5 Å². The summed E-state index contributed by atoms with van der Waals surface area (Å²) in [6.07, 6.45) is 0.301. The summed E-state index contributed by atoms with van der Waals surface area (Å²) in [4.78, 5) is 37.2. The molecule has 2 aromatic carbocycles. The molecule has 2 aromatic rings. The second-order valence-electron chi connectivity index (χ2n) is 5.82. The normalized spacial score (nSPS) is 13.5. The highest BCUT2D eigenvalue weighted by atomic mass is 16.5. The number of anilines is 2. The standard InChI is InChI=1S/C19H18N2O4/c1-12(22)13-3-6-15(7-4-13)20-19(24)14-5-8-17-16(11-14)21(2)18(23)9-10-25-17/h3-8,11H,9-10H2,1-2H3,(H,20,24). The van der Waals surface area contributed by atoms with E-state index in [0.717, 1.165) is 0 Å². The van der Waals surface area contributed by atoms with Gasteiger partial charge in [-0.1, -0.05) is 0 Å². The summed E-state index contributed by atoms with van der Waals surface area (Å²) in [6.45, 7) is 1.81. The van der Waals surface area contributed by atoms with Crippen molar-refractivity contribution in [2.24, 2.45) is 0 Å². The van der Waals surface area contributed by atoms with Crippen molar-refractivity contribution in [3.8, 4) is 5.75 Å². The third kappa shape index (κ3) is 3.52. The van der Waals surface area contributed by atoms with Gasteiger partial charge in [-0.05, 0) is 49.4 Å². The highest BCUT2D eigenvalue weighted by Gasteiger charge is 2.21. The number of nitrogens with zero attached hydrogens (tertiary/aromatic N) is 1. The molecule has 0 aliphatic carbocycles. The smallest absolute Gasteiger partial charge is 0.255 e. The Morgan fingerprint density at radius 3 is 2.44 bits per heavy atom. The fraction of sp³-hybridized carbons (Fsp3) is 0.211. The number of amides is 2. The molecule has 1 heterocycles. The first-order chi connectivity index (χ1) is 12.0. The van der Waals surface area contributed by atoms with Crippen LogP contribution in [-0.4, -0.2) is 31.3 Å². The monoisotopic (exact) mass is 338 g/mol. The SMILES string of the molecule is CC(=O)c1ccc(NC(=O)c2ccc3c(c2)N(C)C(=O)CCO3)cc1. The Morgan fingerprint density at radius 2 is 1.76 bits per heavy atom. The molecule has 128 valence electrons. The minimum atomic E-state index is -0.302. The molecule has 0 saturated carbocycles. The summed E-state index contributed by atoms with van der Waals surface area (Å²) in [7, 11) is 1.66. The van der Waals surface area contributed by atoms with Crippen LogP contribution in [-0.2, 0) is 4.79 Å². The molecule has 0 bridgehead atoms. The zero-order chi connectivity index (χ0) is 18.0. The Kier molecular flexibility index (Phi) is 4.52. The van der Waals surface area contributed by atoms with Gasteiger partial charge in [-0.2, -0.15) is 0 Å². The highest BCUT2D eigenvalue weighted by molar-refractivity contribution is 6.06. The van der Waals surface area contributed by atoms with E-state index in [9.17, 15) is 14.4 Å². The average Bonchev–Trinajstić information content (AvgIpc) is 2.74. The van der Waals surface area contributed by atoms with Gasteiger partial charge in [0.05, 0.1) is 18.7 Å². The lowest BCUT2D eigenvalue weighted by atomic mass is 10.1. The van der Waals surface area contributed by atoms with Crippen LogP contribution in [0.1, 0.15) is 34.1 Å². The summed E-state index contributed by atoms with van der Waals surface area (Å²) >= 11 is 0. The molecule has 25 heavy (non-hydrogen) atoms. The number of nitrogens with one attached hydrogen (secondary N) is 1. The fourth-order valence-electron chi connectivity index (χ4n) is 2.58. The first-order valence-corrected chi connectivity index (χ1v) is 7.91. The largest absolute Gasteiger partial charge is 0.491 e. The maximum absolute atomic E-state index is 12.5. The first-order valence-electron chi connectivity index (χ1n) is 7.91. The fourth-order valence-corrected chi connectivity index (χ4v) is 2.58.